The van der Waals surface area contributed by atoms with Crippen molar-refractivity contribution in [2.45, 2.75) is 20.3 Å². The number of halogens is 3. The number of benzene rings is 1. The number of hydrogen-bond donors (Lipinski definition) is 2. The Kier molecular flexibility index (Phi) is 10.1. The van der Waals surface area contributed by atoms with E-state index in [2.05, 4.69) is 73.1 Å². The van der Waals surface area contributed by atoms with Gasteiger partial charge >= 0.3 is 5.97 Å². The van der Waals surface area contributed by atoms with Gasteiger partial charge in [-0.2, -0.15) is 0 Å². The Morgan fingerprint density at radius 3 is 2.46 bits per heavy atom. The lowest BCUT2D eigenvalue weighted by Gasteiger charge is -2.16. The van der Waals surface area contributed by atoms with E-state index in [4.69, 9.17) is 14.6 Å². The van der Waals surface area contributed by atoms with Crippen molar-refractivity contribution in [3.63, 3.8) is 0 Å². The van der Waals surface area contributed by atoms with Crippen molar-refractivity contribution in [2.75, 3.05) is 25.1 Å². The third kappa shape index (κ3) is 6.78. The molecule has 0 saturated heterocycles. The third-order valence-electron chi connectivity index (χ3n) is 3.06. The lowest BCUT2D eigenvalue weighted by Crippen LogP contribution is -2.20. The van der Waals surface area contributed by atoms with Crippen LogP contribution in [0, 0.1) is 16.6 Å². The number of ether oxygens (including phenoxy) is 2. The van der Waals surface area contributed by atoms with Crippen LogP contribution in [0.5, 0.6) is 5.75 Å². The summed E-state index contributed by atoms with van der Waals surface area (Å²) < 4.78 is 13.9. The minimum absolute atomic E-state index is 0.138. The topological polar surface area (TPSA) is 84.9 Å². The van der Waals surface area contributed by atoms with Crippen molar-refractivity contribution < 1.29 is 24.2 Å². The van der Waals surface area contributed by atoms with Gasteiger partial charge < -0.3 is 19.9 Å². The first kappa shape index (κ1) is 22.2. The van der Waals surface area contributed by atoms with Crippen LogP contribution in [0.2, 0.25) is 0 Å². The molecule has 0 bridgehead atoms. The van der Waals surface area contributed by atoms with Crippen LogP contribution in [0.4, 0.5) is 5.69 Å². The monoisotopic (exact) mass is 673 g/mol. The Hall–Kier alpha value is 0.110. The van der Waals surface area contributed by atoms with E-state index in [0.717, 1.165) is 16.4 Å². The molecule has 6 nitrogen and oxygen atoms in total. The van der Waals surface area contributed by atoms with Gasteiger partial charge in [-0.05, 0) is 80.3 Å². The summed E-state index contributed by atoms with van der Waals surface area (Å²) in [5.41, 5.74) is 0.733. The summed E-state index contributed by atoms with van der Waals surface area (Å²) in [7, 11) is 0. The number of carbonyl (C=O) groups is 2. The zero-order chi connectivity index (χ0) is 18.3. The largest absolute Gasteiger partial charge is 0.489 e. The predicted octanol–water partition coefficient (Wildman–Crippen LogP) is 3.97. The number of carboxylic acid groups (broad SMARTS) is 1. The highest BCUT2D eigenvalue weighted by Gasteiger charge is 2.17. The zero-order valence-corrected chi connectivity index (χ0v) is 19.7. The van der Waals surface area contributed by atoms with Crippen LogP contribution < -0.4 is 10.1 Å². The van der Waals surface area contributed by atoms with E-state index >= 15 is 0 Å². The minimum atomic E-state index is -0.847. The average molecular weight is 673 g/mol. The summed E-state index contributed by atoms with van der Waals surface area (Å²) in [6, 6.07) is 1.93. The van der Waals surface area contributed by atoms with Gasteiger partial charge in [0.2, 0.25) is 5.91 Å². The van der Waals surface area contributed by atoms with Gasteiger partial charge in [0.25, 0.3) is 0 Å². The molecule has 9 heteroatoms. The first-order valence-electron chi connectivity index (χ1n) is 7.16. The molecule has 0 fully saturated rings. The molecular weight excluding hydrogens is 655 g/mol. The van der Waals surface area contributed by atoms with Crippen LogP contribution in [0.25, 0.3) is 0 Å². The van der Waals surface area contributed by atoms with E-state index in [0.29, 0.717) is 25.4 Å². The van der Waals surface area contributed by atoms with E-state index in [9.17, 15) is 9.59 Å². The van der Waals surface area contributed by atoms with Crippen LogP contribution in [0.3, 0.4) is 0 Å². The van der Waals surface area contributed by atoms with E-state index in [-0.39, 0.29) is 12.5 Å². The van der Waals surface area contributed by atoms with Gasteiger partial charge in [0.1, 0.15) is 12.4 Å². The molecule has 1 amide bonds. The Morgan fingerprint density at radius 2 is 1.92 bits per heavy atom. The molecule has 0 unspecified atom stereocenters. The van der Waals surface area contributed by atoms with E-state index in [1.807, 2.05) is 13.0 Å². The molecule has 134 valence electrons. The van der Waals surface area contributed by atoms with Crippen LogP contribution in [0.1, 0.15) is 20.3 Å². The molecule has 0 aromatic heterocycles. The maximum atomic E-state index is 11.3. The van der Waals surface area contributed by atoms with Crippen LogP contribution >= 0.6 is 67.8 Å². The van der Waals surface area contributed by atoms with Gasteiger partial charge in [-0.3, -0.25) is 9.59 Å². The van der Waals surface area contributed by atoms with Crippen molar-refractivity contribution in [2.24, 2.45) is 5.92 Å². The van der Waals surface area contributed by atoms with Gasteiger partial charge in [0.15, 0.2) is 0 Å². The summed E-state index contributed by atoms with van der Waals surface area (Å²) in [4.78, 5) is 22.2. The molecule has 1 aromatic rings. The number of anilines is 1. The standard InChI is InChI=1S/C15H18I3NO5/c1-3-9(15(21)22)7-23-4-5-24-14-11(17)6-10(16)13(12(14)18)19-8(2)20/h6,9H,3-5,7H2,1-2H3,(H,19,20)(H,21,22)/t9-/m1/s1. The molecule has 1 aromatic carbocycles. The Morgan fingerprint density at radius 1 is 1.25 bits per heavy atom. The number of rotatable bonds is 9. The third-order valence-corrected chi connectivity index (χ3v) is 5.75. The van der Waals surface area contributed by atoms with Crippen LogP contribution in [0.15, 0.2) is 6.07 Å². The molecule has 0 saturated carbocycles. The lowest BCUT2D eigenvalue weighted by molar-refractivity contribution is -0.144. The second-order valence-electron chi connectivity index (χ2n) is 4.91. The quantitative estimate of drug-likeness (QED) is 0.307. The number of carbonyl (C=O) groups excluding carboxylic acids is 1. The Balaban J connectivity index is 2.65. The van der Waals surface area contributed by atoms with Crippen molar-refractivity contribution in [1.29, 1.82) is 0 Å². The summed E-state index contributed by atoms with van der Waals surface area (Å²) in [5.74, 6) is -0.787. The highest BCUT2D eigenvalue weighted by atomic mass is 127. The van der Waals surface area contributed by atoms with Crippen LogP contribution in [-0.4, -0.2) is 36.8 Å². The number of hydrogen-bond acceptors (Lipinski definition) is 4. The Bertz CT molecular complexity index is 609. The molecule has 0 aliphatic rings. The first-order chi connectivity index (χ1) is 11.3. The van der Waals surface area contributed by atoms with Crippen molar-refractivity contribution >= 4 is 85.3 Å². The van der Waals surface area contributed by atoms with Gasteiger partial charge in [0, 0.05) is 10.5 Å². The minimum Gasteiger partial charge on any atom is -0.489 e. The summed E-state index contributed by atoms with van der Waals surface area (Å²) in [5, 5.41) is 11.8. The van der Waals surface area contributed by atoms with Crippen molar-refractivity contribution in [3.05, 3.63) is 16.8 Å². The number of nitrogens with one attached hydrogen (secondary N) is 1. The maximum absolute atomic E-state index is 11.3. The highest BCUT2D eigenvalue weighted by Crippen LogP contribution is 2.36. The summed E-state index contributed by atoms with van der Waals surface area (Å²) in [6.07, 6.45) is 0.531. The molecule has 1 atom stereocenters. The average Bonchev–Trinajstić information content (AvgIpc) is 2.49. The SMILES string of the molecule is CC[C@H](COCCOc1c(I)cc(I)c(NC(C)=O)c1I)C(=O)O. The fourth-order valence-electron chi connectivity index (χ4n) is 1.79. The molecule has 0 heterocycles. The van der Waals surface area contributed by atoms with E-state index in [1.165, 1.54) is 6.92 Å². The predicted molar refractivity (Wildman–Crippen MR) is 117 cm³/mol. The maximum Gasteiger partial charge on any atom is 0.308 e. The molecule has 0 radical (unpaired) electrons. The smallest absolute Gasteiger partial charge is 0.308 e. The zero-order valence-electron chi connectivity index (χ0n) is 13.2. The molecular formula is C15H18I3NO5. The van der Waals surface area contributed by atoms with Gasteiger partial charge in [-0.15, -0.1) is 0 Å². The number of carboxylic acids is 1. The van der Waals surface area contributed by atoms with Gasteiger partial charge in [-0.1, -0.05) is 6.92 Å². The molecule has 0 spiro atoms. The van der Waals surface area contributed by atoms with Gasteiger partial charge in [-0.25, -0.2) is 0 Å². The molecule has 2 N–H and O–H groups in total. The molecule has 0 aliphatic carbocycles. The second-order valence-corrected chi connectivity index (χ2v) is 8.31. The lowest BCUT2D eigenvalue weighted by atomic mass is 10.1. The fraction of sp³-hybridized carbons (Fsp3) is 0.467. The normalized spacial score (nSPS) is 11.9. The number of amides is 1. The molecule has 1 rings (SSSR count). The van der Waals surface area contributed by atoms with E-state index < -0.39 is 11.9 Å². The second kappa shape index (κ2) is 11.0. The van der Waals surface area contributed by atoms with Crippen LogP contribution in [-0.2, 0) is 14.3 Å². The van der Waals surface area contributed by atoms with Crippen molar-refractivity contribution in [3.8, 4) is 5.75 Å². The Labute approximate surface area is 181 Å². The fourth-order valence-corrected chi connectivity index (χ4v) is 5.74. The van der Waals surface area contributed by atoms with E-state index in [1.54, 1.807) is 0 Å². The highest BCUT2D eigenvalue weighted by molar-refractivity contribution is 14.1. The van der Waals surface area contributed by atoms with Crippen molar-refractivity contribution in [1.82, 2.24) is 0 Å². The summed E-state index contributed by atoms with van der Waals surface area (Å²) >= 11 is 6.50. The molecule has 0 aliphatic heterocycles. The first-order valence-corrected chi connectivity index (χ1v) is 10.4. The molecule has 24 heavy (non-hydrogen) atoms. The summed E-state index contributed by atoms with van der Waals surface area (Å²) in [6.45, 7) is 4.07. The van der Waals surface area contributed by atoms with Gasteiger partial charge in [0.05, 0.1) is 32.0 Å². The number of aliphatic carboxylic acids is 1.